The second kappa shape index (κ2) is 7.59. The average Bonchev–Trinajstić information content (AvgIpc) is 2.39. The summed E-state index contributed by atoms with van der Waals surface area (Å²) in [6.45, 7) is 1.36. The zero-order chi connectivity index (χ0) is 12.5. The minimum atomic E-state index is 0.606. The Morgan fingerprint density at radius 3 is 3.06 bits per heavy atom. The second-order valence-corrected chi connectivity index (χ2v) is 3.47. The van der Waals surface area contributed by atoms with Gasteiger partial charge in [-0.15, -0.1) is 0 Å². The van der Waals surface area contributed by atoms with E-state index >= 15 is 0 Å². The van der Waals surface area contributed by atoms with Crippen LogP contribution in [-0.4, -0.2) is 38.3 Å². The number of hydrogen-bond acceptors (Lipinski definition) is 4. The molecular weight excluding hydrogens is 218 g/mol. The van der Waals surface area contributed by atoms with E-state index in [9.17, 15) is 0 Å². The summed E-state index contributed by atoms with van der Waals surface area (Å²) in [7, 11) is 3.56. The minimum absolute atomic E-state index is 0.606. The van der Waals surface area contributed by atoms with Gasteiger partial charge in [-0.25, -0.2) is 5.84 Å². The predicted molar refractivity (Wildman–Crippen MR) is 68.8 cm³/mol. The topological polar surface area (TPSA) is 75.8 Å². The molecule has 1 aromatic heterocycles. The SMILES string of the molecule is COCCCN=C(NN)N(C)c1cccnc1. The fourth-order valence-electron chi connectivity index (χ4n) is 1.32. The maximum Gasteiger partial charge on any atom is 0.212 e. The van der Waals surface area contributed by atoms with Crippen LogP contribution in [0.2, 0.25) is 0 Å². The number of rotatable bonds is 5. The molecule has 94 valence electrons. The average molecular weight is 237 g/mol. The van der Waals surface area contributed by atoms with Gasteiger partial charge in [-0.2, -0.15) is 0 Å². The Kier molecular flexibility index (Phi) is 5.98. The van der Waals surface area contributed by atoms with Crippen molar-refractivity contribution >= 4 is 11.6 Å². The highest BCUT2D eigenvalue weighted by Crippen LogP contribution is 2.08. The van der Waals surface area contributed by atoms with Gasteiger partial charge < -0.3 is 9.64 Å². The van der Waals surface area contributed by atoms with E-state index in [1.54, 1.807) is 19.5 Å². The monoisotopic (exact) mass is 237 g/mol. The zero-order valence-electron chi connectivity index (χ0n) is 10.3. The van der Waals surface area contributed by atoms with Crippen molar-refractivity contribution in [2.24, 2.45) is 10.8 Å². The standard InChI is InChI=1S/C11H19N5O/c1-16(10-5-3-6-13-9-10)11(15-12)14-7-4-8-17-2/h3,5-6,9H,4,7-8,12H2,1-2H3,(H,14,15). The maximum atomic E-state index is 5.45. The molecule has 0 amide bonds. The van der Waals surface area contributed by atoms with Gasteiger partial charge in [0, 0.05) is 33.5 Å². The Morgan fingerprint density at radius 2 is 2.47 bits per heavy atom. The van der Waals surface area contributed by atoms with Crippen LogP contribution in [0.4, 0.5) is 5.69 Å². The fourth-order valence-corrected chi connectivity index (χ4v) is 1.32. The van der Waals surface area contributed by atoms with E-state index in [1.807, 2.05) is 24.1 Å². The number of ether oxygens (including phenoxy) is 1. The van der Waals surface area contributed by atoms with Crippen LogP contribution >= 0.6 is 0 Å². The van der Waals surface area contributed by atoms with Crippen molar-refractivity contribution in [3.8, 4) is 0 Å². The van der Waals surface area contributed by atoms with Crippen molar-refractivity contribution in [1.82, 2.24) is 10.4 Å². The molecule has 17 heavy (non-hydrogen) atoms. The molecule has 0 atom stereocenters. The first-order chi connectivity index (χ1) is 8.29. The van der Waals surface area contributed by atoms with Gasteiger partial charge in [-0.05, 0) is 18.6 Å². The summed E-state index contributed by atoms with van der Waals surface area (Å²) in [5.41, 5.74) is 3.51. The molecule has 0 aliphatic heterocycles. The van der Waals surface area contributed by atoms with E-state index < -0.39 is 0 Å². The summed E-state index contributed by atoms with van der Waals surface area (Å²) < 4.78 is 4.96. The van der Waals surface area contributed by atoms with Gasteiger partial charge in [-0.1, -0.05) is 0 Å². The van der Waals surface area contributed by atoms with Gasteiger partial charge >= 0.3 is 0 Å². The van der Waals surface area contributed by atoms with Crippen LogP contribution in [0.15, 0.2) is 29.5 Å². The van der Waals surface area contributed by atoms with Crippen molar-refractivity contribution in [2.75, 3.05) is 32.2 Å². The molecule has 1 aromatic rings. The molecule has 1 rings (SSSR count). The van der Waals surface area contributed by atoms with E-state index in [4.69, 9.17) is 10.6 Å². The van der Waals surface area contributed by atoms with Gasteiger partial charge in [-0.3, -0.25) is 15.4 Å². The zero-order valence-corrected chi connectivity index (χ0v) is 10.3. The van der Waals surface area contributed by atoms with E-state index in [2.05, 4.69) is 15.4 Å². The van der Waals surface area contributed by atoms with Crippen LogP contribution < -0.4 is 16.2 Å². The lowest BCUT2D eigenvalue weighted by Crippen LogP contribution is -2.43. The van der Waals surface area contributed by atoms with E-state index in [0.717, 1.165) is 12.1 Å². The molecule has 6 nitrogen and oxygen atoms in total. The van der Waals surface area contributed by atoms with E-state index in [1.165, 1.54) is 0 Å². The molecule has 0 saturated heterocycles. The highest BCUT2D eigenvalue weighted by Gasteiger charge is 2.06. The maximum absolute atomic E-state index is 5.45. The summed E-state index contributed by atoms with van der Waals surface area (Å²) in [5.74, 6) is 6.06. The van der Waals surface area contributed by atoms with Crippen LogP contribution in [0.5, 0.6) is 0 Å². The summed E-state index contributed by atoms with van der Waals surface area (Å²) in [6.07, 6.45) is 4.34. The van der Waals surface area contributed by atoms with Crippen LogP contribution in [-0.2, 0) is 4.74 Å². The highest BCUT2D eigenvalue weighted by molar-refractivity contribution is 5.94. The molecule has 6 heteroatoms. The largest absolute Gasteiger partial charge is 0.385 e. The smallest absolute Gasteiger partial charge is 0.212 e. The number of guanidine groups is 1. The Morgan fingerprint density at radius 1 is 1.65 bits per heavy atom. The molecule has 0 saturated carbocycles. The van der Waals surface area contributed by atoms with Gasteiger partial charge in [0.15, 0.2) is 0 Å². The number of aromatic nitrogens is 1. The lowest BCUT2D eigenvalue weighted by atomic mass is 10.4. The second-order valence-electron chi connectivity index (χ2n) is 3.47. The molecule has 0 bridgehead atoms. The number of hydrogen-bond donors (Lipinski definition) is 2. The third-order valence-corrected chi connectivity index (χ3v) is 2.25. The van der Waals surface area contributed by atoms with Gasteiger partial charge in [0.2, 0.25) is 5.96 Å². The lowest BCUT2D eigenvalue weighted by molar-refractivity contribution is 0.197. The van der Waals surface area contributed by atoms with Crippen molar-refractivity contribution in [2.45, 2.75) is 6.42 Å². The summed E-state index contributed by atoms with van der Waals surface area (Å²) >= 11 is 0. The van der Waals surface area contributed by atoms with Gasteiger partial charge in [0.05, 0.1) is 11.9 Å². The van der Waals surface area contributed by atoms with Crippen LogP contribution in [0.3, 0.4) is 0 Å². The Labute approximate surface area is 101 Å². The Bertz CT molecular complexity index is 341. The van der Waals surface area contributed by atoms with Gasteiger partial charge in [0.25, 0.3) is 0 Å². The first kappa shape index (κ1) is 13.4. The van der Waals surface area contributed by atoms with Crippen molar-refractivity contribution in [3.63, 3.8) is 0 Å². The predicted octanol–water partition coefficient (Wildman–Crippen LogP) is 0.374. The number of hydrazine groups is 1. The fraction of sp³-hybridized carbons (Fsp3) is 0.455. The van der Waals surface area contributed by atoms with Crippen molar-refractivity contribution in [3.05, 3.63) is 24.5 Å². The first-order valence-corrected chi connectivity index (χ1v) is 5.43. The number of aliphatic imine (C=N–C) groups is 1. The molecule has 0 aromatic carbocycles. The number of anilines is 1. The number of nitrogens with two attached hydrogens (primary N) is 1. The van der Waals surface area contributed by atoms with Crippen molar-refractivity contribution in [1.29, 1.82) is 0 Å². The number of nitrogens with zero attached hydrogens (tertiary/aromatic N) is 3. The summed E-state index contributed by atoms with van der Waals surface area (Å²) in [4.78, 5) is 10.2. The number of nitrogens with one attached hydrogen (secondary N) is 1. The van der Waals surface area contributed by atoms with Crippen LogP contribution in [0.25, 0.3) is 0 Å². The molecule has 0 spiro atoms. The summed E-state index contributed by atoms with van der Waals surface area (Å²) in [6, 6.07) is 3.81. The number of pyridine rings is 1. The molecule has 0 fully saturated rings. The molecular formula is C11H19N5O. The highest BCUT2D eigenvalue weighted by atomic mass is 16.5. The Balaban J connectivity index is 2.60. The first-order valence-electron chi connectivity index (χ1n) is 5.43. The molecule has 1 heterocycles. The van der Waals surface area contributed by atoms with E-state index in [0.29, 0.717) is 19.1 Å². The van der Waals surface area contributed by atoms with Crippen molar-refractivity contribution < 1.29 is 4.74 Å². The molecule has 0 aliphatic carbocycles. The summed E-state index contributed by atoms with van der Waals surface area (Å²) in [5, 5.41) is 0. The normalized spacial score (nSPS) is 11.4. The Hall–Kier alpha value is -1.66. The third-order valence-electron chi connectivity index (χ3n) is 2.25. The van der Waals surface area contributed by atoms with E-state index in [-0.39, 0.29) is 0 Å². The minimum Gasteiger partial charge on any atom is -0.385 e. The lowest BCUT2D eigenvalue weighted by Gasteiger charge is -2.20. The van der Waals surface area contributed by atoms with Gasteiger partial charge in [0.1, 0.15) is 0 Å². The molecule has 0 unspecified atom stereocenters. The van der Waals surface area contributed by atoms with Crippen LogP contribution in [0.1, 0.15) is 6.42 Å². The molecule has 3 N–H and O–H groups in total. The van der Waals surface area contributed by atoms with Crippen LogP contribution in [0, 0.1) is 0 Å². The molecule has 0 aliphatic rings. The third kappa shape index (κ3) is 4.38. The number of methoxy groups -OCH3 is 1. The quantitative estimate of drug-likeness (QED) is 0.254. The molecule has 0 radical (unpaired) electrons.